The molecule has 0 aliphatic carbocycles. The summed E-state index contributed by atoms with van der Waals surface area (Å²) in [5.74, 6) is 1.93. The van der Waals surface area contributed by atoms with Gasteiger partial charge in [-0.15, -0.1) is 0 Å². The van der Waals surface area contributed by atoms with Gasteiger partial charge in [0, 0.05) is 17.5 Å². The molecule has 1 amide bonds. The first kappa shape index (κ1) is 20.1. The number of nitrogens with zero attached hydrogens (tertiary/aromatic N) is 1. The molecule has 0 saturated heterocycles. The summed E-state index contributed by atoms with van der Waals surface area (Å²) < 4.78 is 26.9. The van der Waals surface area contributed by atoms with E-state index in [0.29, 0.717) is 40.8 Å². The molecule has 0 saturated carbocycles. The van der Waals surface area contributed by atoms with E-state index in [1.807, 2.05) is 13.0 Å². The monoisotopic (exact) mass is 398 g/mol. The lowest BCUT2D eigenvalue weighted by Crippen LogP contribution is -2.16. The van der Waals surface area contributed by atoms with Crippen LogP contribution in [0.5, 0.6) is 23.0 Å². The van der Waals surface area contributed by atoms with Gasteiger partial charge in [0.1, 0.15) is 28.6 Å². The maximum absolute atomic E-state index is 12.4. The second-order valence-electron chi connectivity index (χ2n) is 5.89. The van der Waals surface area contributed by atoms with Crippen molar-refractivity contribution in [3.05, 3.63) is 47.7 Å². The Morgan fingerprint density at radius 1 is 1.03 bits per heavy atom. The fourth-order valence-electron chi connectivity index (χ4n) is 2.76. The predicted molar refractivity (Wildman–Crippen MR) is 109 cm³/mol. The Morgan fingerprint density at radius 3 is 2.38 bits per heavy atom. The summed E-state index contributed by atoms with van der Waals surface area (Å²) >= 11 is 0. The number of amides is 1. The first-order valence-electron chi connectivity index (χ1n) is 8.89. The van der Waals surface area contributed by atoms with E-state index < -0.39 is 5.91 Å². The highest BCUT2D eigenvalue weighted by Gasteiger charge is 2.14. The van der Waals surface area contributed by atoms with Crippen molar-refractivity contribution >= 4 is 23.1 Å². The quantitative estimate of drug-likeness (QED) is 0.460. The van der Waals surface area contributed by atoms with Crippen molar-refractivity contribution in [3.8, 4) is 23.0 Å². The Labute approximate surface area is 168 Å². The summed E-state index contributed by atoms with van der Waals surface area (Å²) in [6, 6.07) is 10.4. The molecule has 8 nitrogen and oxygen atoms in total. The lowest BCUT2D eigenvalue weighted by Gasteiger charge is -2.12. The summed E-state index contributed by atoms with van der Waals surface area (Å²) in [7, 11) is 4.59. The Hall–Kier alpha value is -3.68. The van der Waals surface area contributed by atoms with E-state index in [4.69, 9.17) is 23.4 Å². The zero-order valence-electron chi connectivity index (χ0n) is 16.6. The number of fused-ring (bicyclic) bond motifs is 1. The SMILES string of the molecule is CCOc1ccc2oc(C(=O)N/N=C/c3c(OC)cc(OC)cc3OC)cc2c1. The van der Waals surface area contributed by atoms with Gasteiger partial charge in [0.25, 0.3) is 0 Å². The molecule has 0 unspecified atom stereocenters. The van der Waals surface area contributed by atoms with Gasteiger partial charge in [-0.05, 0) is 31.2 Å². The van der Waals surface area contributed by atoms with E-state index in [2.05, 4.69) is 10.5 Å². The number of methoxy groups -OCH3 is 3. The summed E-state index contributed by atoms with van der Waals surface area (Å²) in [6.07, 6.45) is 1.44. The maximum atomic E-state index is 12.4. The fraction of sp³-hybridized carbons (Fsp3) is 0.238. The Morgan fingerprint density at radius 2 is 1.76 bits per heavy atom. The Balaban J connectivity index is 1.78. The number of benzene rings is 2. The van der Waals surface area contributed by atoms with E-state index in [0.717, 1.165) is 5.39 Å². The van der Waals surface area contributed by atoms with Gasteiger partial charge >= 0.3 is 5.91 Å². The Bertz CT molecular complexity index is 1020. The van der Waals surface area contributed by atoms with Gasteiger partial charge in [-0.3, -0.25) is 4.79 Å². The molecule has 0 aliphatic heterocycles. The van der Waals surface area contributed by atoms with Crippen molar-refractivity contribution in [2.24, 2.45) is 5.10 Å². The summed E-state index contributed by atoms with van der Waals surface area (Å²) in [5.41, 5.74) is 3.58. The van der Waals surface area contributed by atoms with Crippen molar-refractivity contribution in [1.82, 2.24) is 5.43 Å². The highest BCUT2D eigenvalue weighted by molar-refractivity contribution is 5.97. The normalized spacial score (nSPS) is 10.9. The smallest absolute Gasteiger partial charge is 0.307 e. The molecule has 0 atom stereocenters. The lowest BCUT2D eigenvalue weighted by atomic mass is 10.2. The molecule has 0 bridgehead atoms. The molecule has 152 valence electrons. The molecule has 0 radical (unpaired) electrons. The van der Waals surface area contributed by atoms with Crippen LogP contribution in [0.25, 0.3) is 11.0 Å². The van der Waals surface area contributed by atoms with Crippen LogP contribution in [0.15, 0.2) is 45.9 Å². The number of hydrogen-bond acceptors (Lipinski definition) is 7. The second-order valence-corrected chi connectivity index (χ2v) is 5.89. The molecule has 29 heavy (non-hydrogen) atoms. The van der Waals surface area contributed by atoms with E-state index >= 15 is 0 Å². The Kier molecular flexibility index (Phi) is 6.23. The molecule has 0 spiro atoms. The van der Waals surface area contributed by atoms with Gasteiger partial charge in [0.15, 0.2) is 5.76 Å². The zero-order valence-corrected chi connectivity index (χ0v) is 16.6. The minimum atomic E-state index is -0.484. The van der Waals surface area contributed by atoms with E-state index in [-0.39, 0.29) is 5.76 Å². The molecule has 1 heterocycles. The number of carbonyl (C=O) groups excluding carboxylic acids is 1. The van der Waals surface area contributed by atoms with Gasteiger partial charge in [-0.2, -0.15) is 5.10 Å². The van der Waals surface area contributed by atoms with Gasteiger partial charge in [0.2, 0.25) is 0 Å². The summed E-state index contributed by atoms with van der Waals surface area (Å²) in [4.78, 5) is 12.4. The van der Waals surface area contributed by atoms with Gasteiger partial charge in [0.05, 0.1) is 39.7 Å². The van der Waals surface area contributed by atoms with Crippen LogP contribution in [0.2, 0.25) is 0 Å². The van der Waals surface area contributed by atoms with Crippen molar-refractivity contribution in [2.45, 2.75) is 6.92 Å². The molecule has 3 rings (SSSR count). The average Bonchev–Trinajstić information content (AvgIpc) is 3.17. The number of nitrogens with one attached hydrogen (secondary N) is 1. The minimum Gasteiger partial charge on any atom is -0.496 e. The number of rotatable bonds is 8. The molecule has 3 aromatic rings. The van der Waals surface area contributed by atoms with Crippen molar-refractivity contribution in [2.75, 3.05) is 27.9 Å². The predicted octanol–water partition coefficient (Wildman–Crippen LogP) is 3.62. The van der Waals surface area contributed by atoms with E-state index in [9.17, 15) is 4.79 Å². The standard InChI is InChI=1S/C21H22N2O6/c1-5-28-14-6-7-17-13(8-14)9-20(29-17)21(24)23-22-12-16-18(26-3)10-15(25-2)11-19(16)27-4/h6-12H,5H2,1-4H3,(H,23,24)/b22-12+. The molecule has 0 aliphatic rings. The number of hydrogen-bond donors (Lipinski definition) is 1. The molecule has 1 N–H and O–H groups in total. The van der Waals surface area contributed by atoms with Crippen LogP contribution in [0.1, 0.15) is 23.0 Å². The van der Waals surface area contributed by atoms with Gasteiger partial charge in [-0.25, -0.2) is 5.43 Å². The third kappa shape index (κ3) is 4.43. The zero-order chi connectivity index (χ0) is 20.8. The van der Waals surface area contributed by atoms with Crippen LogP contribution >= 0.6 is 0 Å². The number of hydrazone groups is 1. The number of carbonyl (C=O) groups is 1. The third-order valence-corrected chi connectivity index (χ3v) is 4.14. The van der Waals surface area contributed by atoms with E-state index in [1.54, 1.807) is 37.4 Å². The first-order valence-corrected chi connectivity index (χ1v) is 8.89. The van der Waals surface area contributed by atoms with Crippen LogP contribution < -0.4 is 24.4 Å². The van der Waals surface area contributed by atoms with Crippen LogP contribution in [0.4, 0.5) is 0 Å². The lowest BCUT2D eigenvalue weighted by molar-refractivity contribution is 0.0929. The molecule has 1 aromatic heterocycles. The first-order chi connectivity index (χ1) is 14.1. The van der Waals surface area contributed by atoms with Crippen LogP contribution in [0, 0.1) is 0 Å². The maximum Gasteiger partial charge on any atom is 0.307 e. The summed E-state index contributed by atoms with van der Waals surface area (Å²) in [5, 5.41) is 4.76. The molecule has 0 fully saturated rings. The molecule has 2 aromatic carbocycles. The van der Waals surface area contributed by atoms with Gasteiger partial charge in [-0.1, -0.05) is 0 Å². The topological polar surface area (TPSA) is 91.5 Å². The molecule has 8 heteroatoms. The third-order valence-electron chi connectivity index (χ3n) is 4.14. The van der Waals surface area contributed by atoms with Gasteiger partial charge < -0.3 is 23.4 Å². The number of furan rings is 1. The summed E-state index contributed by atoms with van der Waals surface area (Å²) in [6.45, 7) is 2.47. The fourth-order valence-corrected chi connectivity index (χ4v) is 2.76. The highest BCUT2D eigenvalue weighted by atomic mass is 16.5. The largest absolute Gasteiger partial charge is 0.496 e. The minimum absolute atomic E-state index is 0.138. The highest BCUT2D eigenvalue weighted by Crippen LogP contribution is 2.32. The number of ether oxygens (including phenoxy) is 4. The molecular weight excluding hydrogens is 376 g/mol. The van der Waals surface area contributed by atoms with Crippen LogP contribution in [-0.2, 0) is 0 Å². The second kappa shape index (κ2) is 9.01. The van der Waals surface area contributed by atoms with Crippen LogP contribution in [-0.4, -0.2) is 40.1 Å². The van der Waals surface area contributed by atoms with Crippen molar-refractivity contribution in [3.63, 3.8) is 0 Å². The van der Waals surface area contributed by atoms with Crippen molar-refractivity contribution < 1.29 is 28.2 Å². The van der Waals surface area contributed by atoms with E-state index in [1.165, 1.54) is 20.4 Å². The molecular formula is C21H22N2O6. The van der Waals surface area contributed by atoms with Crippen molar-refractivity contribution in [1.29, 1.82) is 0 Å². The van der Waals surface area contributed by atoms with Crippen LogP contribution in [0.3, 0.4) is 0 Å². The average molecular weight is 398 g/mol.